The molecule has 0 spiro atoms. The molecule has 2 rings (SSSR count). The van der Waals surface area contributed by atoms with Crippen molar-refractivity contribution in [2.24, 2.45) is 17.3 Å². The molecule has 114 valence electrons. The summed E-state index contributed by atoms with van der Waals surface area (Å²) < 4.78 is 0. The Morgan fingerprint density at radius 3 is 2.50 bits per heavy atom. The molecule has 1 unspecified atom stereocenters. The van der Waals surface area contributed by atoms with Crippen LogP contribution in [0.5, 0.6) is 0 Å². The molecule has 5 heteroatoms. The van der Waals surface area contributed by atoms with Crippen LogP contribution in [0.3, 0.4) is 0 Å². The van der Waals surface area contributed by atoms with Gasteiger partial charge in [0.25, 0.3) is 0 Å². The van der Waals surface area contributed by atoms with Crippen molar-refractivity contribution in [2.75, 3.05) is 19.6 Å². The molecule has 2 fully saturated rings. The maximum absolute atomic E-state index is 12.2. The zero-order valence-electron chi connectivity index (χ0n) is 12.5. The van der Waals surface area contributed by atoms with Gasteiger partial charge >= 0.3 is 12.0 Å². The van der Waals surface area contributed by atoms with Gasteiger partial charge in [-0.2, -0.15) is 0 Å². The van der Waals surface area contributed by atoms with Crippen molar-refractivity contribution in [1.29, 1.82) is 0 Å². The van der Waals surface area contributed by atoms with Crippen LogP contribution in [0.1, 0.15) is 46.0 Å². The lowest BCUT2D eigenvalue weighted by Gasteiger charge is -2.41. The summed E-state index contributed by atoms with van der Waals surface area (Å²) in [6.45, 7) is 6.08. The zero-order valence-corrected chi connectivity index (χ0v) is 12.5. The highest BCUT2D eigenvalue weighted by molar-refractivity contribution is 5.76. The third-order valence-corrected chi connectivity index (χ3v) is 4.96. The highest BCUT2D eigenvalue weighted by atomic mass is 16.4. The summed E-state index contributed by atoms with van der Waals surface area (Å²) in [5.74, 6) is -0.498. The van der Waals surface area contributed by atoms with Crippen molar-refractivity contribution in [3.8, 4) is 0 Å². The molecule has 2 aliphatic rings. The van der Waals surface area contributed by atoms with Gasteiger partial charge in [0, 0.05) is 19.6 Å². The summed E-state index contributed by atoms with van der Waals surface area (Å²) in [6.07, 6.45) is 5.26. The average molecular weight is 282 g/mol. The molecular formula is C15H26N2O3. The number of amides is 2. The number of rotatable bonds is 4. The van der Waals surface area contributed by atoms with Gasteiger partial charge in [-0.25, -0.2) is 4.79 Å². The van der Waals surface area contributed by atoms with Gasteiger partial charge in [0.1, 0.15) is 0 Å². The van der Waals surface area contributed by atoms with Crippen LogP contribution in [0.4, 0.5) is 4.79 Å². The van der Waals surface area contributed by atoms with Crippen molar-refractivity contribution < 1.29 is 14.7 Å². The fraction of sp³-hybridized carbons (Fsp3) is 0.867. The third kappa shape index (κ3) is 3.44. The molecule has 2 amide bonds. The molecule has 2 N–H and O–H groups in total. The van der Waals surface area contributed by atoms with E-state index in [9.17, 15) is 9.59 Å². The molecule has 0 radical (unpaired) electrons. The van der Waals surface area contributed by atoms with E-state index in [0.717, 1.165) is 6.42 Å². The van der Waals surface area contributed by atoms with Gasteiger partial charge in [-0.15, -0.1) is 0 Å². The minimum absolute atomic E-state index is 0.108. The van der Waals surface area contributed by atoms with Gasteiger partial charge in [0.05, 0.1) is 5.92 Å². The van der Waals surface area contributed by atoms with E-state index in [2.05, 4.69) is 19.2 Å². The van der Waals surface area contributed by atoms with Crippen LogP contribution in [0.15, 0.2) is 0 Å². The molecule has 0 aromatic rings. The van der Waals surface area contributed by atoms with Crippen LogP contribution in [-0.2, 0) is 4.79 Å². The second-order valence-electron chi connectivity index (χ2n) is 6.90. The Labute approximate surface area is 120 Å². The Kier molecular flexibility index (Phi) is 4.55. The van der Waals surface area contributed by atoms with Gasteiger partial charge < -0.3 is 15.3 Å². The predicted molar refractivity (Wildman–Crippen MR) is 76.5 cm³/mol. The topological polar surface area (TPSA) is 69.6 Å². The van der Waals surface area contributed by atoms with Crippen LogP contribution in [0, 0.1) is 17.3 Å². The van der Waals surface area contributed by atoms with E-state index in [0.29, 0.717) is 32.0 Å². The maximum atomic E-state index is 12.2. The number of carbonyl (C=O) groups excluding carboxylic acids is 1. The number of carbonyl (C=O) groups is 2. The van der Waals surface area contributed by atoms with Crippen molar-refractivity contribution in [1.82, 2.24) is 10.2 Å². The lowest BCUT2D eigenvalue weighted by atomic mass is 9.67. The highest BCUT2D eigenvalue weighted by Gasteiger charge is 2.35. The predicted octanol–water partition coefficient (Wildman–Crippen LogP) is 2.32. The summed E-state index contributed by atoms with van der Waals surface area (Å²) >= 11 is 0. The van der Waals surface area contributed by atoms with Crippen LogP contribution < -0.4 is 5.32 Å². The normalized spacial score (nSPS) is 24.1. The third-order valence-electron chi connectivity index (χ3n) is 4.96. The molecule has 1 heterocycles. The Hall–Kier alpha value is -1.26. The molecule has 1 aliphatic carbocycles. The molecule has 0 aromatic heterocycles. The SMILES string of the molecule is CC(C)(CNC(=O)N1CCCC(C(=O)O)C1)C1CCC1. The number of urea groups is 1. The summed E-state index contributed by atoms with van der Waals surface area (Å²) in [5.41, 5.74) is 0.135. The monoisotopic (exact) mass is 282 g/mol. The summed E-state index contributed by atoms with van der Waals surface area (Å²) in [5, 5.41) is 12.0. The Balaban J connectivity index is 1.80. The van der Waals surface area contributed by atoms with Crippen LogP contribution in [-0.4, -0.2) is 41.6 Å². The number of likely N-dealkylation sites (tertiary alicyclic amines) is 1. The van der Waals surface area contributed by atoms with Crippen LogP contribution in [0.2, 0.25) is 0 Å². The smallest absolute Gasteiger partial charge is 0.317 e. The number of carboxylic acid groups (broad SMARTS) is 1. The van der Waals surface area contributed by atoms with Crippen LogP contribution >= 0.6 is 0 Å². The average Bonchev–Trinajstić information content (AvgIpc) is 2.33. The largest absolute Gasteiger partial charge is 0.481 e. The van der Waals surface area contributed by atoms with Gasteiger partial charge in [0.2, 0.25) is 0 Å². The minimum Gasteiger partial charge on any atom is -0.481 e. The molecule has 5 nitrogen and oxygen atoms in total. The lowest BCUT2D eigenvalue weighted by molar-refractivity contribution is -0.143. The van der Waals surface area contributed by atoms with Crippen molar-refractivity contribution >= 4 is 12.0 Å². The van der Waals surface area contributed by atoms with Crippen molar-refractivity contribution in [2.45, 2.75) is 46.0 Å². The second kappa shape index (κ2) is 6.02. The second-order valence-corrected chi connectivity index (χ2v) is 6.90. The van der Waals surface area contributed by atoms with Gasteiger partial charge in [-0.05, 0) is 37.0 Å². The van der Waals surface area contributed by atoms with E-state index >= 15 is 0 Å². The van der Waals surface area contributed by atoms with E-state index in [1.807, 2.05) is 0 Å². The molecular weight excluding hydrogens is 256 g/mol. The van der Waals surface area contributed by atoms with Crippen LogP contribution in [0.25, 0.3) is 0 Å². The molecule has 1 saturated heterocycles. The number of nitrogens with zero attached hydrogens (tertiary/aromatic N) is 1. The Morgan fingerprint density at radius 2 is 1.95 bits per heavy atom. The van der Waals surface area contributed by atoms with E-state index in [1.54, 1.807) is 4.90 Å². The molecule has 20 heavy (non-hydrogen) atoms. The first-order chi connectivity index (χ1) is 9.40. The number of aliphatic carboxylic acids is 1. The fourth-order valence-electron chi connectivity index (χ4n) is 3.11. The molecule has 1 aliphatic heterocycles. The number of piperidine rings is 1. The number of nitrogens with one attached hydrogen (secondary N) is 1. The summed E-state index contributed by atoms with van der Waals surface area (Å²) in [4.78, 5) is 24.8. The number of hydrogen-bond donors (Lipinski definition) is 2. The van der Waals surface area contributed by atoms with Gasteiger partial charge in [-0.1, -0.05) is 20.3 Å². The first-order valence-corrected chi connectivity index (χ1v) is 7.66. The first kappa shape index (κ1) is 15.1. The van der Waals surface area contributed by atoms with Gasteiger partial charge in [-0.3, -0.25) is 4.79 Å². The minimum atomic E-state index is -0.794. The quantitative estimate of drug-likeness (QED) is 0.831. The van der Waals surface area contributed by atoms with E-state index in [1.165, 1.54) is 19.3 Å². The first-order valence-electron chi connectivity index (χ1n) is 7.66. The van der Waals surface area contributed by atoms with E-state index in [4.69, 9.17) is 5.11 Å². The molecule has 0 aromatic carbocycles. The zero-order chi connectivity index (χ0) is 14.8. The lowest BCUT2D eigenvalue weighted by Crippen LogP contribution is -2.50. The Bertz CT molecular complexity index is 377. The summed E-state index contributed by atoms with van der Waals surface area (Å²) in [6, 6.07) is -0.108. The number of carboxylic acids is 1. The number of hydrogen-bond acceptors (Lipinski definition) is 2. The maximum Gasteiger partial charge on any atom is 0.317 e. The van der Waals surface area contributed by atoms with E-state index < -0.39 is 11.9 Å². The van der Waals surface area contributed by atoms with E-state index in [-0.39, 0.29) is 11.4 Å². The molecule has 1 atom stereocenters. The Morgan fingerprint density at radius 1 is 1.25 bits per heavy atom. The van der Waals surface area contributed by atoms with Crippen molar-refractivity contribution in [3.05, 3.63) is 0 Å². The van der Waals surface area contributed by atoms with Crippen molar-refractivity contribution in [3.63, 3.8) is 0 Å². The highest BCUT2D eigenvalue weighted by Crippen LogP contribution is 2.41. The fourth-order valence-corrected chi connectivity index (χ4v) is 3.11. The molecule has 0 bridgehead atoms. The molecule has 1 saturated carbocycles. The summed E-state index contributed by atoms with van der Waals surface area (Å²) in [7, 11) is 0. The standard InChI is InChI=1S/C15H26N2O3/c1-15(2,12-6-3-7-12)10-16-14(20)17-8-4-5-11(9-17)13(18)19/h11-12H,3-10H2,1-2H3,(H,16,20)(H,18,19). The van der Waals surface area contributed by atoms with Gasteiger partial charge in [0.15, 0.2) is 0 Å².